The minimum absolute atomic E-state index is 0.0386. The molecule has 3 aromatic rings. The number of sulfonamides is 1. The highest BCUT2D eigenvalue weighted by molar-refractivity contribution is 7.92. The molecular formula is C26H34N6O5S. The van der Waals surface area contributed by atoms with E-state index in [2.05, 4.69) is 19.6 Å². The molecule has 12 heteroatoms. The average Bonchev–Trinajstić information content (AvgIpc) is 3.34. The highest BCUT2D eigenvalue weighted by Gasteiger charge is 2.34. The minimum Gasteiger partial charge on any atom is -0.488 e. The number of carbonyl (C=O) groups is 1. The Morgan fingerprint density at radius 1 is 1.26 bits per heavy atom. The fraction of sp³-hybridized carbons (Fsp3) is 0.423. The predicted octanol–water partition coefficient (Wildman–Crippen LogP) is 1.97. The van der Waals surface area contributed by atoms with E-state index < -0.39 is 16.1 Å². The van der Waals surface area contributed by atoms with Crippen LogP contribution in [0.3, 0.4) is 0 Å². The number of hydrogen-bond acceptors (Lipinski definition) is 8. The number of likely N-dealkylation sites (N-methyl/N-ethyl adjacent to an activating group) is 1. The van der Waals surface area contributed by atoms with Crippen LogP contribution in [0.4, 0.5) is 5.69 Å². The zero-order valence-corrected chi connectivity index (χ0v) is 22.8. The van der Waals surface area contributed by atoms with Crippen LogP contribution in [0.2, 0.25) is 0 Å². The summed E-state index contributed by atoms with van der Waals surface area (Å²) in [6.45, 7) is 5.27. The number of nitrogens with one attached hydrogen (secondary N) is 1. The van der Waals surface area contributed by atoms with E-state index in [0.717, 1.165) is 5.56 Å². The van der Waals surface area contributed by atoms with E-state index in [1.165, 1.54) is 23.2 Å². The molecule has 1 aliphatic heterocycles. The van der Waals surface area contributed by atoms with Gasteiger partial charge >= 0.3 is 0 Å². The lowest BCUT2D eigenvalue weighted by Crippen LogP contribution is -2.49. The molecule has 1 aliphatic rings. The Balaban J connectivity index is 1.63. The number of hydrogen-bond donors (Lipinski definition) is 2. The number of aryl methyl sites for hydroxylation is 1. The van der Waals surface area contributed by atoms with Crippen LogP contribution in [0.15, 0.2) is 60.3 Å². The van der Waals surface area contributed by atoms with Crippen LogP contribution in [0.1, 0.15) is 29.8 Å². The summed E-state index contributed by atoms with van der Waals surface area (Å²) in [5, 5.41) is 9.74. The summed E-state index contributed by atoms with van der Waals surface area (Å²) >= 11 is 0. The molecule has 2 aromatic heterocycles. The first-order chi connectivity index (χ1) is 18.1. The molecule has 1 aromatic carbocycles. The van der Waals surface area contributed by atoms with E-state index in [1.54, 1.807) is 43.4 Å². The fourth-order valence-electron chi connectivity index (χ4n) is 4.41. The zero-order chi connectivity index (χ0) is 27.4. The predicted molar refractivity (Wildman–Crippen MR) is 142 cm³/mol. The van der Waals surface area contributed by atoms with Crippen LogP contribution in [0.25, 0.3) is 0 Å². The first-order valence-electron chi connectivity index (χ1n) is 12.4. The number of nitrogens with zero attached hydrogens (tertiary/aromatic N) is 5. The Labute approximate surface area is 223 Å². The quantitative estimate of drug-likeness (QED) is 0.420. The minimum atomic E-state index is -3.95. The van der Waals surface area contributed by atoms with Crippen molar-refractivity contribution >= 4 is 21.6 Å². The smallest absolute Gasteiger partial charge is 0.280 e. The van der Waals surface area contributed by atoms with Crippen molar-refractivity contribution in [1.29, 1.82) is 0 Å². The summed E-state index contributed by atoms with van der Waals surface area (Å²) in [6, 6.07) is 8.15. The van der Waals surface area contributed by atoms with Crippen LogP contribution < -0.4 is 9.46 Å². The molecule has 0 spiro atoms. The third-order valence-electron chi connectivity index (χ3n) is 6.57. The first-order valence-corrected chi connectivity index (χ1v) is 13.9. The van der Waals surface area contributed by atoms with Gasteiger partial charge in [-0.2, -0.15) is 8.42 Å². The Morgan fingerprint density at radius 3 is 2.66 bits per heavy atom. The normalized spacial score (nSPS) is 18.9. The number of rotatable bonds is 9. The number of fused-ring (bicyclic) bond motifs is 1. The van der Waals surface area contributed by atoms with E-state index in [-0.39, 0.29) is 40.8 Å². The Bertz CT molecular complexity index is 1360. The van der Waals surface area contributed by atoms with Crippen molar-refractivity contribution in [3.05, 3.63) is 66.4 Å². The van der Waals surface area contributed by atoms with E-state index in [4.69, 9.17) is 4.74 Å². The lowest BCUT2D eigenvalue weighted by molar-refractivity contribution is 0.0341. The summed E-state index contributed by atoms with van der Waals surface area (Å²) in [5.74, 6) is -0.0148. The number of aliphatic hydroxyl groups is 1. The fourth-order valence-corrected chi connectivity index (χ4v) is 5.44. The molecule has 0 radical (unpaired) electrons. The van der Waals surface area contributed by atoms with Gasteiger partial charge < -0.3 is 19.3 Å². The third-order valence-corrected chi connectivity index (χ3v) is 7.83. The Kier molecular flexibility index (Phi) is 8.34. The lowest BCUT2D eigenvalue weighted by Gasteiger charge is -2.38. The van der Waals surface area contributed by atoms with Crippen LogP contribution in [0, 0.1) is 5.92 Å². The third kappa shape index (κ3) is 6.32. The Morgan fingerprint density at radius 2 is 2.00 bits per heavy atom. The van der Waals surface area contributed by atoms with Crippen LogP contribution in [0.5, 0.6) is 5.75 Å². The maximum Gasteiger partial charge on any atom is 0.280 e. The molecule has 4 rings (SSSR count). The van der Waals surface area contributed by atoms with Gasteiger partial charge in [-0.1, -0.05) is 6.92 Å². The SMILES string of the molecule is C[C@H](CO)N1C[C@H](C)[C@H](CN(C)Cc2ccncc2)Oc2ccc(NS(=O)(=O)c3cn(C)cn3)cc2C1=O. The van der Waals surface area contributed by atoms with Gasteiger partial charge in [0.1, 0.15) is 11.9 Å². The number of amides is 1. The second kappa shape index (κ2) is 11.5. The van der Waals surface area contributed by atoms with Gasteiger partial charge in [0.2, 0.25) is 0 Å². The van der Waals surface area contributed by atoms with Gasteiger partial charge in [-0.05, 0) is 49.9 Å². The number of benzene rings is 1. The number of carbonyl (C=O) groups excluding carboxylic acids is 1. The molecule has 0 saturated heterocycles. The summed E-state index contributed by atoms with van der Waals surface area (Å²) in [4.78, 5) is 25.4. The van der Waals surface area contributed by atoms with Crippen LogP contribution in [-0.2, 0) is 23.6 Å². The molecule has 204 valence electrons. The van der Waals surface area contributed by atoms with Gasteiger partial charge in [-0.3, -0.25) is 19.4 Å². The second-order valence-electron chi connectivity index (χ2n) is 9.87. The van der Waals surface area contributed by atoms with Gasteiger partial charge in [-0.15, -0.1) is 0 Å². The summed E-state index contributed by atoms with van der Waals surface area (Å²) < 4.78 is 36.1. The topological polar surface area (TPSA) is 130 Å². The monoisotopic (exact) mass is 542 g/mol. The molecule has 3 atom stereocenters. The highest BCUT2D eigenvalue weighted by atomic mass is 32.2. The standard InChI is InChI=1S/C26H34N6O5S/c1-18-12-32(19(2)16-33)26(34)22-11-21(29-38(35,36)25-15-31(4)17-28-25)5-6-23(22)37-24(18)14-30(3)13-20-7-9-27-10-8-20/h5-11,15,17-19,24,29,33H,12-14,16H2,1-4H3/t18-,19+,24-/m0/s1. The molecule has 2 N–H and O–H groups in total. The molecule has 0 aliphatic carbocycles. The van der Waals surface area contributed by atoms with Crippen LogP contribution in [-0.4, -0.2) is 82.7 Å². The molecule has 0 unspecified atom stereocenters. The molecular weight excluding hydrogens is 508 g/mol. The number of ether oxygens (including phenoxy) is 1. The number of anilines is 1. The number of imidazole rings is 1. The maximum atomic E-state index is 13.6. The van der Waals surface area contributed by atoms with Crippen LogP contribution >= 0.6 is 0 Å². The summed E-state index contributed by atoms with van der Waals surface area (Å²) in [6.07, 6.45) is 6.04. The zero-order valence-electron chi connectivity index (χ0n) is 22.0. The lowest BCUT2D eigenvalue weighted by atomic mass is 9.99. The first kappa shape index (κ1) is 27.6. The number of aromatic nitrogens is 3. The van der Waals surface area contributed by atoms with Gasteiger partial charge in [0, 0.05) is 56.9 Å². The van der Waals surface area contributed by atoms with Gasteiger partial charge in [0.15, 0.2) is 5.03 Å². The van der Waals surface area contributed by atoms with E-state index in [0.29, 0.717) is 25.4 Å². The average molecular weight is 543 g/mol. The maximum absolute atomic E-state index is 13.6. The van der Waals surface area contributed by atoms with Crippen molar-refractivity contribution < 1.29 is 23.1 Å². The van der Waals surface area contributed by atoms with Crippen molar-refractivity contribution in [3.63, 3.8) is 0 Å². The molecule has 11 nitrogen and oxygen atoms in total. The van der Waals surface area contributed by atoms with Gasteiger partial charge in [0.05, 0.1) is 24.5 Å². The number of pyridine rings is 1. The van der Waals surface area contributed by atoms with Crippen molar-refractivity contribution in [3.8, 4) is 5.75 Å². The molecule has 0 bridgehead atoms. The largest absolute Gasteiger partial charge is 0.488 e. The second-order valence-corrected chi connectivity index (χ2v) is 11.5. The summed E-state index contributed by atoms with van der Waals surface area (Å²) in [7, 11) is -0.270. The van der Waals surface area contributed by atoms with Crippen molar-refractivity contribution in [1.82, 2.24) is 24.3 Å². The molecule has 0 fully saturated rings. The Hall–Kier alpha value is -3.48. The number of aliphatic hydroxyl groups excluding tert-OH is 1. The van der Waals surface area contributed by atoms with Gasteiger partial charge in [0.25, 0.3) is 15.9 Å². The van der Waals surface area contributed by atoms with Crippen molar-refractivity contribution in [2.24, 2.45) is 13.0 Å². The highest BCUT2D eigenvalue weighted by Crippen LogP contribution is 2.31. The van der Waals surface area contributed by atoms with Gasteiger partial charge in [-0.25, -0.2) is 4.98 Å². The van der Waals surface area contributed by atoms with Crippen molar-refractivity contribution in [2.75, 3.05) is 31.5 Å². The van der Waals surface area contributed by atoms with E-state index in [9.17, 15) is 18.3 Å². The molecule has 38 heavy (non-hydrogen) atoms. The van der Waals surface area contributed by atoms with E-state index >= 15 is 0 Å². The van der Waals surface area contributed by atoms with E-state index in [1.807, 2.05) is 26.1 Å². The summed E-state index contributed by atoms with van der Waals surface area (Å²) in [5.41, 5.74) is 1.56. The molecule has 0 saturated carbocycles. The van der Waals surface area contributed by atoms with Crippen molar-refractivity contribution in [2.45, 2.75) is 37.6 Å². The molecule has 1 amide bonds. The molecule has 3 heterocycles.